The van der Waals surface area contributed by atoms with E-state index in [1.807, 2.05) is 0 Å². The summed E-state index contributed by atoms with van der Waals surface area (Å²) in [5.41, 5.74) is 0.631. The SMILES string of the molecule is FC(F)(F)COCc1cccnc1. The average molecular weight is 191 g/mol. The second-order valence-corrected chi connectivity index (χ2v) is 2.47. The number of pyridine rings is 1. The molecule has 0 saturated heterocycles. The van der Waals surface area contributed by atoms with Crippen LogP contribution in [0.5, 0.6) is 0 Å². The van der Waals surface area contributed by atoms with E-state index in [-0.39, 0.29) is 6.61 Å². The molecule has 1 aromatic heterocycles. The van der Waals surface area contributed by atoms with Gasteiger partial charge in [0.25, 0.3) is 0 Å². The Morgan fingerprint density at radius 2 is 2.15 bits per heavy atom. The fourth-order valence-corrected chi connectivity index (χ4v) is 0.768. The van der Waals surface area contributed by atoms with Crippen molar-refractivity contribution < 1.29 is 17.9 Å². The number of hydrogen-bond acceptors (Lipinski definition) is 2. The lowest BCUT2D eigenvalue weighted by Crippen LogP contribution is -2.16. The predicted octanol–water partition coefficient (Wildman–Crippen LogP) is 2.16. The Labute approximate surface area is 73.4 Å². The molecule has 0 unspecified atom stereocenters. The molecule has 5 heteroatoms. The number of halogens is 3. The molecule has 2 nitrogen and oxygen atoms in total. The monoisotopic (exact) mass is 191 g/mol. The molecule has 0 atom stereocenters. The minimum atomic E-state index is -4.26. The molecule has 0 aliphatic carbocycles. The molecular weight excluding hydrogens is 183 g/mol. The first-order valence-electron chi connectivity index (χ1n) is 3.61. The summed E-state index contributed by atoms with van der Waals surface area (Å²) in [5, 5.41) is 0. The number of alkyl halides is 3. The third kappa shape index (κ3) is 4.47. The number of nitrogens with zero attached hydrogens (tertiary/aromatic N) is 1. The van der Waals surface area contributed by atoms with Crippen molar-refractivity contribution in [3.63, 3.8) is 0 Å². The van der Waals surface area contributed by atoms with Crippen molar-refractivity contribution in [2.75, 3.05) is 6.61 Å². The van der Waals surface area contributed by atoms with Crippen molar-refractivity contribution >= 4 is 0 Å². The summed E-state index contributed by atoms with van der Waals surface area (Å²) in [6.07, 6.45) is -1.24. The van der Waals surface area contributed by atoms with Crippen LogP contribution in [0.25, 0.3) is 0 Å². The van der Waals surface area contributed by atoms with Gasteiger partial charge in [-0.25, -0.2) is 0 Å². The van der Waals surface area contributed by atoms with Gasteiger partial charge in [-0.05, 0) is 11.6 Å². The summed E-state index contributed by atoms with van der Waals surface area (Å²) in [6.45, 7) is -1.28. The highest BCUT2D eigenvalue weighted by Gasteiger charge is 2.27. The minimum absolute atomic E-state index is 0.0622. The van der Waals surface area contributed by atoms with E-state index in [2.05, 4.69) is 9.72 Å². The van der Waals surface area contributed by atoms with Crippen molar-refractivity contribution in [2.45, 2.75) is 12.8 Å². The molecule has 0 aromatic carbocycles. The molecule has 0 spiro atoms. The Morgan fingerprint density at radius 1 is 1.38 bits per heavy atom. The topological polar surface area (TPSA) is 22.1 Å². The van der Waals surface area contributed by atoms with Gasteiger partial charge in [0.2, 0.25) is 0 Å². The van der Waals surface area contributed by atoms with E-state index in [0.29, 0.717) is 5.56 Å². The van der Waals surface area contributed by atoms with Gasteiger partial charge in [0.15, 0.2) is 0 Å². The van der Waals surface area contributed by atoms with Gasteiger partial charge in [-0.15, -0.1) is 0 Å². The van der Waals surface area contributed by atoms with Crippen LogP contribution in [0.2, 0.25) is 0 Å². The van der Waals surface area contributed by atoms with Crippen LogP contribution in [0, 0.1) is 0 Å². The number of rotatable bonds is 3. The first-order valence-corrected chi connectivity index (χ1v) is 3.61. The lowest BCUT2D eigenvalue weighted by Gasteiger charge is -2.06. The van der Waals surface area contributed by atoms with E-state index in [1.54, 1.807) is 18.3 Å². The standard InChI is InChI=1S/C8H8F3NO/c9-8(10,11)6-13-5-7-2-1-3-12-4-7/h1-4H,5-6H2. The summed E-state index contributed by atoms with van der Waals surface area (Å²) in [6, 6.07) is 3.30. The molecule has 0 aliphatic heterocycles. The van der Waals surface area contributed by atoms with Crippen LogP contribution in [0.4, 0.5) is 13.2 Å². The summed E-state index contributed by atoms with van der Waals surface area (Å²) >= 11 is 0. The largest absolute Gasteiger partial charge is 0.411 e. The highest BCUT2D eigenvalue weighted by molar-refractivity contribution is 5.06. The van der Waals surface area contributed by atoms with Crippen LogP contribution in [-0.2, 0) is 11.3 Å². The lowest BCUT2D eigenvalue weighted by molar-refractivity contribution is -0.176. The Kier molecular flexibility index (Phi) is 3.25. The van der Waals surface area contributed by atoms with E-state index < -0.39 is 12.8 Å². The van der Waals surface area contributed by atoms with Crippen LogP contribution >= 0.6 is 0 Å². The number of ether oxygens (including phenoxy) is 1. The van der Waals surface area contributed by atoms with Gasteiger partial charge in [0, 0.05) is 12.4 Å². The molecule has 0 aliphatic rings. The zero-order valence-corrected chi connectivity index (χ0v) is 6.71. The zero-order valence-electron chi connectivity index (χ0n) is 6.71. The molecule has 13 heavy (non-hydrogen) atoms. The number of hydrogen-bond donors (Lipinski definition) is 0. The Bertz CT molecular complexity index is 247. The lowest BCUT2D eigenvalue weighted by atomic mass is 10.3. The van der Waals surface area contributed by atoms with E-state index in [0.717, 1.165) is 0 Å². The first-order chi connectivity index (χ1) is 6.08. The van der Waals surface area contributed by atoms with Crippen molar-refractivity contribution in [2.24, 2.45) is 0 Å². The smallest absolute Gasteiger partial charge is 0.367 e. The first kappa shape index (κ1) is 9.98. The minimum Gasteiger partial charge on any atom is -0.367 e. The molecule has 0 bridgehead atoms. The Hall–Kier alpha value is -1.10. The van der Waals surface area contributed by atoms with Gasteiger partial charge in [0.05, 0.1) is 6.61 Å². The van der Waals surface area contributed by atoms with E-state index in [4.69, 9.17) is 0 Å². The molecule has 0 fully saturated rings. The second-order valence-electron chi connectivity index (χ2n) is 2.47. The van der Waals surface area contributed by atoms with Crippen LogP contribution < -0.4 is 0 Å². The highest BCUT2D eigenvalue weighted by atomic mass is 19.4. The van der Waals surface area contributed by atoms with Gasteiger partial charge in [-0.3, -0.25) is 4.98 Å². The van der Waals surface area contributed by atoms with Crippen LogP contribution in [0.3, 0.4) is 0 Å². The normalized spacial score (nSPS) is 11.6. The summed E-state index contributed by atoms with van der Waals surface area (Å²) in [7, 11) is 0. The molecule has 1 rings (SSSR count). The van der Waals surface area contributed by atoms with Gasteiger partial charge >= 0.3 is 6.18 Å². The zero-order chi connectivity index (χ0) is 9.73. The third-order valence-corrected chi connectivity index (χ3v) is 1.26. The molecular formula is C8H8F3NO. The van der Waals surface area contributed by atoms with E-state index in [1.165, 1.54) is 6.20 Å². The Balaban J connectivity index is 2.29. The van der Waals surface area contributed by atoms with E-state index >= 15 is 0 Å². The van der Waals surface area contributed by atoms with Crippen molar-refractivity contribution in [3.05, 3.63) is 30.1 Å². The van der Waals surface area contributed by atoms with Crippen molar-refractivity contribution in [1.82, 2.24) is 4.98 Å². The molecule has 72 valence electrons. The third-order valence-electron chi connectivity index (χ3n) is 1.26. The average Bonchev–Trinajstić information content (AvgIpc) is 2.04. The summed E-state index contributed by atoms with van der Waals surface area (Å²) in [4.78, 5) is 3.74. The van der Waals surface area contributed by atoms with Crippen LogP contribution in [0.1, 0.15) is 5.56 Å². The van der Waals surface area contributed by atoms with Gasteiger partial charge < -0.3 is 4.74 Å². The maximum atomic E-state index is 11.6. The predicted molar refractivity (Wildman–Crippen MR) is 39.9 cm³/mol. The molecule has 0 amide bonds. The van der Waals surface area contributed by atoms with Crippen molar-refractivity contribution in [1.29, 1.82) is 0 Å². The fraction of sp³-hybridized carbons (Fsp3) is 0.375. The van der Waals surface area contributed by atoms with Crippen molar-refractivity contribution in [3.8, 4) is 0 Å². The van der Waals surface area contributed by atoms with Gasteiger partial charge in [-0.2, -0.15) is 13.2 Å². The quantitative estimate of drug-likeness (QED) is 0.730. The van der Waals surface area contributed by atoms with Gasteiger partial charge in [0.1, 0.15) is 6.61 Å². The molecule has 0 saturated carbocycles. The summed E-state index contributed by atoms with van der Waals surface area (Å²) < 4.78 is 39.3. The molecule has 1 aromatic rings. The second kappa shape index (κ2) is 4.23. The fourth-order valence-electron chi connectivity index (χ4n) is 0.768. The summed E-state index contributed by atoms with van der Waals surface area (Å²) in [5.74, 6) is 0. The highest BCUT2D eigenvalue weighted by Crippen LogP contribution is 2.15. The van der Waals surface area contributed by atoms with Gasteiger partial charge in [-0.1, -0.05) is 6.07 Å². The van der Waals surface area contributed by atoms with Crippen LogP contribution in [0.15, 0.2) is 24.5 Å². The van der Waals surface area contributed by atoms with Crippen LogP contribution in [-0.4, -0.2) is 17.8 Å². The number of aromatic nitrogens is 1. The maximum Gasteiger partial charge on any atom is 0.411 e. The Morgan fingerprint density at radius 3 is 2.69 bits per heavy atom. The van der Waals surface area contributed by atoms with E-state index in [9.17, 15) is 13.2 Å². The molecule has 0 radical (unpaired) electrons. The molecule has 0 N–H and O–H groups in total. The molecule has 1 heterocycles. The maximum absolute atomic E-state index is 11.6.